The van der Waals surface area contributed by atoms with Gasteiger partial charge >= 0.3 is 0 Å². The first-order valence-electron chi connectivity index (χ1n) is 10.5. The summed E-state index contributed by atoms with van der Waals surface area (Å²) in [6, 6.07) is 24.3. The van der Waals surface area contributed by atoms with Crippen LogP contribution in [0.4, 0.5) is 0 Å². The summed E-state index contributed by atoms with van der Waals surface area (Å²) in [5.74, 6) is 0.0134. The number of pyridine rings is 1. The maximum absolute atomic E-state index is 12.8. The van der Waals surface area contributed by atoms with E-state index in [1.807, 2.05) is 60.1 Å². The van der Waals surface area contributed by atoms with Crippen LogP contribution < -0.4 is 5.32 Å². The summed E-state index contributed by atoms with van der Waals surface area (Å²) in [5, 5.41) is 7.06. The predicted molar refractivity (Wildman–Crippen MR) is 129 cm³/mol. The van der Waals surface area contributed by atoms with Crippen LogP contribution in [-0.4, -0.2) is 27.4 Å². The molecule has 2 N–H and O–H groups in total. The van der Waals surface area contributed by atoms with Crippen molar-refractivity contribution in [3.05, 3.63) is 107 Å². The van der Waals surface area contributed by atoms with Gasteiger partial charge in [-0.3, -0.25) is 9.78 Å². The van der Waals surface area contributed by atoms with E-state index in [1.165, 1.54) is 27.8 Å². The van der Waals surface area contributed by atoms with Gasteiger partial charge in [-0.2, -0.15) is 0 Å². The number of hydrogen-bond acceptors (Lipinski definition) is 4. The standard InChI is InChI=1S/C26H22N4OS/c31-25(14-19-17-32-26(30-19)24-12-6-7-13-27-24)29-15-21(18-8-2-1-3-9-18)22-16-28-23-11-5-4-10-20(22)23/h1-13,16-17,21,28H,14-15H2,(H,29,31). The largest absolute Gasteiger partial charge is 0.361 e. The Hall–Kier alpha value is -3.77. The number of aromatic amines is 1. The number of thiazole rings is 1. The number of carbonyl (C=O) groups excluding carboxylic acids is 1. The van der Waals surface area contributed by atoms with E-state index < -0.39 is 0 Å². The molecule has 1 atom stereocenters. The summed E-state index contributed by atoms with van der Waals surface area (Å²) in [4.78, 5) is 25.0. The van der Waals surface area contributed by atoms with Crippen molar-refractivity contribution in [1.29, 1.82) is 0 Å². The number of para-hydroxylation sites is 1. The summed E-state index contributed by atoms with van der Waals surface area (Å²) in [5.41, 5.74) is 5.03. The number of amides is 1. The van der Waals surface area contributed by atoms with E-state index in [1.54, 1.807) is 6.20 Å². The minimum absolute atomic E-state index is 0.0383. The highest BCUT2D eigenvalue weighted by atomic mass is 32.1. The van der Waals surface area contributed by atoms with Gasteiger partial charge in [0.25, 0.3) is 0 Å². The van der Waals surface area contributed by atoms with Crippen molar-refractivity contribution < 1.29 is 4.79 Å². The number of aromatic nitrogens is 3. The van der Waals surface area contributed by atoms with Crippen LogP contribution in [-0.2, 0) is 11.2 Å². The molecule has 3 aromatic heterocycles. The van der Waals surface area contributed by atoms with Crippen molar-refractivity contribution >= 4 is 28.1 Å². The number of hydrogen-bond donors (Lipinski definition) is 2. The van der Waals surface area contributed by atoms with Crippen LogP contribution in [0, 0.1) is 0 Å². The van der Waals surface area contributed by atoms with Gasteiger partial charge in [0.05, 0.1) is 17.8 Å². The van der Waals surface area contributed by atoms with Crippen molar-refractivity contribution in [1.82, 2.24) is 20.3 Å². The van der Waals surface area contributed by atoms with Crippen LogP contribution in [0.15, 0.2) is 90.6 Å². The summed E-state index contributed by atoms with van der Waals surface area (Å²) < 4.78 is 0. The summed E-state index contributed by atoms with van der Waals surface area (Å²) >= 11 is 1.51. The highest BCUT2D eigenvalue weighted by molar-refractivity contribution is 7.13. The molecule has 2 aromatic carbocycles. The lowest BCUT2D eigenvalue weighted by Gasteiger charge is -2.18. The van der Waals surface area contributed by atoms with Gasteiger partial charge in [0, 0.05) is 41.1 Å². The van der Waals surface area contributed by atoms with Gasteiger partial charge in [0.2, 0.25) is 5.91 Å². The fourth-order valence-corrected chi connectivity index (χ4v) is 4.71. The number of nitrogens with zero attached hydrogens (tertiary/aromatic N) is 2. The zero-order valence-electron chi connectivity index (χ0n) is 17.4. The van der Waals surface area contributed by atoms with Crippen LogP contribution in [0.2, 0.25) is 0 Å². The van der Waals surface area contributed by atoms with Gasteiger partial charge in [-0.05, 0) is 29.3 Å². The third-order valence-corrected chi connectivity index (χ3v) is 6.39. The molecular weight excluding hydrogens is 416 g/mol. The Labute approximate surface area is 190 Å². The van der Waals surface area contributed by atoms with Crippen molar-refractivity contribution in [2.24, 2.45) is 0 Å². The molecule has 0 aliphatic rings. The first-order chi connectivity index (χ1) is 15.8. The van der Waals surface area contributed by atoms with E-state index >= 15 is 0 Å². The minimum atomic E-state index is -0.0383. The second kappa shape index (κ2) is 9.16. The molecule has 0 saturated heterocycles. The maximum atomic E-state index is 12.8. The van der Waals surface area contributed by atoms with Crippen molar-refractivity contribution in [3.8, 4) is 10.7 Å². The van der Waals surface area contributed by atoms with Crippen LogP contribution in [0.3, 0.4) is 0 Å². The van der Waals surface area contributed by atoms with Crippen LogP contribution >= 0.6 is 11.3 Å². The lowest BCUT2D eigenvalue weighted by molar-refractivity contribution is -0.120. The molecule has 0 spiro atoms. The van der Waals surface area contributed by atoms with Crippen molar-refractivity contribution in [2.45, 2.75) is 12.3 Å². The summed E-state index contributed by atoms with van der Waals surface area (Å²) in [6.45, 7) is 0.516. The first-order valence-corrected chi connectivity index (χ1v) is 11.4. The van der Waals surface area contributed by atoms with Gasteiger partial charge in [-0.15, -0.1) is 11.3 Å². The summed E-state index contributed by atoms with van der Waals surface area (Å²) in [6.07, 6.45) is 4.05. The Morgan fingerprint density at radius 2 is 1.81 bits per heavy atom. The van der Waals surface area contributed by atoms with Gasteiger partial charge < -0.3 is 10.3 Å². The first kappa shape index (κ1) is 20.2. The minimum Gasteiger partial charge on any atom is -0.361 e. The van der Waals surface area contributed by atoms with Crippen molar-refractivity contribution in [2.75, 3.05) is 6.54 Å². The number of benzene rings is 2. The summed E-state index contributed by atoms with van der Waals surface area (Å²) in [7, 11) is 0. The molecular formula is C26H22N4OS. The normalized spacial score (nSPS) is 12.0. The molecule has 0 aliphatic carbocycles. The van der Waals surface area contributed by atoms with Gasteiger partial charge in [0.15, 0.2) is 0 Å². The van der Waals surface area contributed by atoms with E-state index in [0.717, 1.165) is 21.9 Å². The lowest BCUT2D eigenvalue weighted by Crippen LogP contribution is -2.30. The number of carbonyl (C=O) groups is 1. The molecule has 0 aliphatic heterocycles. The zero-order valence-corrected chi connectivity index (χ0v) is 18.2. The Bertz CT molecular complexity index is 1330. The van der Waals surface area contributed by atoms with E-state index in [-0.39, 0.29) is 18.2 Å². The van der Waals surface area contributed by atoms with Gasteiger partial charge in [0.1, 0.15) is 5.01 Å². The molecule has 5 aromatic rings. The Kier molecular flexibility index (Phi) is 5.77. The Balaban J connectivity index is 1.32. The average molecular weight is 439 g/mol. The predicted octanol–water partition coefficient (Wildman–Crippen LogP) is 5.18. The number of H-pyrrole nitrogens is 1. The Morgan fingerprint density at radius 3 is 2.66 bits per heavy atom. The molecule has 0 saturated carbocycles. The van der Waals surface area contributed by atoms with Gasteiger partial charge in [-0.25, -0.2) is 4.98 Å². The number of nitrogens with one attached hydrogen (secondary N) is 2. The fourth-order valence-electron chi connectivity index (χ4n) is 3.91. The highest BCUT2D eigenvalue weighted by Gasteiger charge is 2.19. The maximum Gasteiger partial charge on any atom is 0.226 e. The molecule has 32 heavy (non-hydrogen) atoms. The smallest absolute Gasteiger partial charge is 0.226 e. The molecule has 0 bridgehead atoms. The van der Waals surface area contributed by atoms with Crippen molar-refractivity contribution in [3.63, 3.8) is 0 Å². The third kappa shape index (κ3) is 4.31. The Morgan fingerprint density at radius 1 is 1.00 bits per heavy atom. The molecule has 1 unspecified atom stereocenters. The SMILES string of the molecule is O=C(Cc1csc(-c2ccccn2)n1)NCC(c1ccccc1)c1c[nH]c2ccccc12. The number of rotatable bonds is 7. The molecule has 6 heteroatoms. The third-order valence-electron chi connectivity index (χ3n) is 5.48. The second-order valence-corrected chi connectivity index (χ2v) is 8.45. The zero-order chi connectivity index (χ0) is 21.8. The quantitative estimate of drug-likeness (QED) is 0.368. The molecule has 5 rings (SSSR count). The highest BCUT2D eigenvalue weighted by Crippen LogP contribution is 2.30. The van der Waals surface area contributed by atoms with Gasteiger partial charge in [-0.1, -0.05) is 54.6 Å². The van der Waals surface area contributed by atoms with Crippen LogP contribution in [0.25, 0.3) is 21.6 Å². The molecule has 0 radical (unpaired) electrons. The molecule has 1 amide bonds. The topological polar surface area (TPSA) is 70.7 Å². The molecule has 3 heterocycles. The van der Waals surface area contributed by atoms with Crippen LogP contribution in [0.5, 0.6) is 0 Å². The monoisotopic (exact) mass is 438 g/mol. The molecule has 158 valence electrons. The van der Waals surface area contributed by atoms with Crippen LogP contribution in [0.1, 0.15) is 22.7 Å². The second-order valence-electron chi connectivity index (χ2n) is 7.59. The van der Waals surface area contributed by atoms with E-state index in [9.17, 15) is 4.79 Å². The van der Waals surface area contributed by atoms with E-state index in [2.05, 4.69) is 44.5 Å². The molecule has 0 fully saturated rings. The van der Waals surface area contributed by atoms with E-state index in [0.29, 0.717) is 6.54 Å². The van der Waals surface area contributed by atoms with E-state index in [4.69, 9.17) is 0 Å². The lowest BCUT2D eigenvalue weighted by atomic mass is 9.91. The average Bonchev–Trinajstić information content (AvgIpc) is 3.48. The fraction of sp³-hybridized carbons (Fsp3) is 0.115. The number of fused-ring (bicyclic) bond motifs is 1. The molecule has 5 nitrogen and oxygen atoms in total.